The Morgan fingerprint density at radius 1 is 1.14 bits per heavy atom. The normalized spacial score (nSPS) is 16.7. The summed E-state index contributed by atoms with van der Waals surface area (Å²) in [6.07, 6.45) is 2.13. The van der Waals surface area contributed by atoms with Crippen LogP contribution in [0, 0.1) is 0 Å². The van der Waals surface area contributed by atoms with Gasteiger partial charge in [0.15, 0.2) is 0 Å². The Balaban J connectivity index is 2.13. The van der Waals surface area contributed by atoms with Gasteiger partial charge in [-0.2, -0.15) is 0 Å². The maximum atomic E-state index is 12.0. The first-order chi connectivity index (χ1) is 10.5. The summed E-state index contributed by atoms with van der Waals surface area (Å²) in [7, 11) is 2.09. The molecule has 114 valence electrons. The number of fused-ring (bicyclic) bond motifs is 1. The zero-order valence-corrected chi connectivity index (χ0v) is 13.0. The van der Waals surface area contributed by atoms with Gasteiger partial charge in [-0.3, -0.25) is 4.79 Å². The number of aryl methyl sites for hydroxylation is 1. The summed E-state index contributed by atoms with van der Waals surface area (Å²) >= 11 is 0. The van der Waals surface area contributed by atoms with E-state index in [4.69, 9.17) is 0 Å². The average Bonchev–Trinajstić information content (AvgIpc) is 2.54. The van der Waals surface area contributed by atoms with Gasteiger partial charge in [-0.05, 0) is 42.5 Å². The molecule has 1 heterocycles. The van der Waals surface area contributed by atoms with E-state index in [1.165, 1.54) is 11.3 Å². The predicted octanol–water partition coefficient (Wildman–Crippen LogP) is 3.46. The third-order valence-electron chi connectivity index (χ3n) is 4.79. The highest BCUT2D eigenvalue weighted by Gasteiger charge is 2.37. The van der Waals surface area contributed by atoms with Gasteiger partial charge in [0.1, 0.15) is 5.41 Å². The summed E-state index contributed by atoms with van der Waals surface area (Å²) in [5.74, 6) is -0.817. The van der Waals surface area contributed by atoms with Crippen LogP contribution in [0.15, 0.2) is 48.5 Å². The SMILES string of the molecule is CN1CCCc2cc(C(C)(C(=O)O)c3ccccc3)ccc21. The van der Waals surface area contributed by atoms with Gasteiger partial charge in [-0.1, -0.05) is 42.5 Å². The minimum absolute atomic E-state index is 0.812. The fourth-order valence-electron chi connectivity index (χ4n) is 3.28. The van der Waals surface area contributed by atoms with Gasteiger partial charge in [-0.15, -0.1) is 0 Å². The summed E-state index contributed by atoms with van der Waals surface area (Å²) in [5.41, 5.74) is 3.10. The van der Waals surface area contributed by atoms with Crippen molar-refractivity contribution in [3.05, 3.63) is 65.2 Å². The molecular formula is C19H21NO2. The Bertz CT molecular complexity index is 696. The number of carboxylic acids is 1. The van der Waals surface area contributed by atoms with Gasteiger partial charge in [0, 0.05) is 19.3 Å². The van der Waals surface area contributed by atoms with Crippen LogP contribution < -0.4 is 4.90 Å². The molecule has 0 saturated carbocycles. The second-order valence-corrected chi connectivity index (χ2v) is 6.16. The monoisotopic (exact) mass is 295 g/mol. The fraction of sp³-hybridized carbons (Fsp3) is 0.316. The van der Waals surface area contributed by atoms with Crippen molar-refractivity contribution in [2.75, 3.05) is 18.5 Å². The maximum Gasteiger partial charge on any atom is 0.318 e. The minimum Gasteiger partial charge on any atom is -0.480 e. The number of anilines is 1. The summed E-state index contributed by atoms with van der Waals surface area (Å²) in [6, 6.07) is 15.6. The van der Waals surface area contributed by atoms with Crippen LogP contribution in [0.1, 0.15) is 30.0 Å². The Morgan fingerprint density at radius 3 is 2.55 bits per heavy atom. The van der Waals surface area contributed by atoms with Gasteiger partial charge in [-0.25, -0.2) is 0 Å². The van der Waals surface area contributed by atoms with E-state index in [9.17, 15) is 9.90 Å². The first-order valence-electron chi connectivity index (χ1n) is 7.67. The topological polar surface area (TPSA) is 40.5 Å². The summed E-state index contributed by atoms with van der Waals surface area (Å²) < 4.78 is 0. The lowest BCUT2D eigenvalue weighted by molar-refractivity contribution is -0.141. The highest BCUT2D eigenvalue weighted by Crippen LogP contribution is 2.36. The quantitative estimate of drug-likeness (QED) is 0.942. The van der Waals surface area contributed by atoms with Gasteiger partial charge in [0.05, 0.1) is 0 Å². The average molecular weight is 295 g/mol. The zero-order valence-electron chi connectivity index (χ0n) is 13.0. The Labute approximate surface area is 131 Å². The molecule has 3 rings (SSSR count). The number of nitrogens with zero attached hydrogens (tertiary/aromatic N) is 1. The highest BCUT2D eigenvalue weighted by atomic mass is 16.4. The summed E-state index contributed by atoms with van der Waals surface area (Å²) in [5, 5.41) is 9.89. The molecule has 0 spiro atoms. The van der Waals surface area contributed by atoms with E-state index in [0.717, 1.165) is 30.5 Å². The smallest absolute Gasteiger partial charge is 0.318 e. The van der Waals surface area contributed by atoms with E-state index >= 15 is 0 Å². The van der Waals surface area contributed by atoms with Crippen LogP contribution in [0.4, 0.5) is 5.69 Å². The van der Waals surface area contributed by atoms with E-state index < -0.39 is 11.4 Å². The second-order valence-electron chi connectivity index (χ2n) is 6.16. The highest BCUT2D eigenvalue weighted by molar-refractivity contribution is 5.86. The largest absolute Gasteiger partial charge is 0.480 e. The molecule has 1 N–H and O–H groups in total. The van der Waals surface area contributed by atoms with Gasteiger partial charge in [0.2, 0.25) is 0 Å². The Hall–Kier alpha value is -2.29. The lowest BCUT2D eigenvalue weighted by atomic mass is 9.75. The lowest BCUT2D eigenvalue weighted by Gasteiger charge is -2.31. The molecule has 0 saturated heterocycles. The number of carbonyl (C=O) groups is 1. The third kappa shape index (κ3) is 2.27. The molecule has 2 aromatic rings. The molecule has 0 aromatic heterocycles. The fourth-order valence-corrected chi connectivity index (χ4v) is 3.28. The van der Waals surface area contributed by atoms with Gasteiger partial charge in [0.25, 0.3) is 0 Å². The van der Waals surface area contributed by atoms with Crippen LogP contribution in [-0.4, -0.2) is 24.7 Å². The molecule has 22 heavy (non-hydrogen) atoms. The molecule has 0 bridgehead atoms. The van der Waals surface area contributed by atoms with Crippen LogP contribution in [0.5, 0.6) is 0 Å². The molecule has 0 amide bonds. The van der Waals surface area contributed by atoms with E-state index in [2.05, 4.69) is 24.1 Å². The number of aliphatic carboxylic acids is 1. The number of hydrogen-bond acceptors (Lipinski definition) is 2. The molecular weight excluding hydrogens is 274 g/mol. The Kier molecular flexibility index (Phi) is 3.65. The number of hydrogen-bond donors (Lipinski definition) is 1. The van der Waals surface area contributed by atoms with E-state index in [1.807, 2.05) is 36.4 Å². The molecule has 1 atom stereocenters. The molecule has 0 radical (unpaired) electrons. The van der Waals surface area contributed by atoms with E-state index in [-0.39, 0.29) is 0 Å². The first kappa shape index (κ1) is 14.6. The zero-order chi connectivity index (χ0) is 15.7. The molecule has 2 aromatic carbocycles. The van der Waals surface area contributed by atoms with Crippen LogP contribution in [0.25, 0.3) is 0 Å². The molecule has 0 fully saturated rings. The third-order valence-corrected chi connectivity index (χ3v) is 4.79. The molecule has 3 nitrogen and oxygen atoms in total. The van der Waals surface area contributed by atoms with Crippen molar-refractivity contribution in [1.82, 2.24) is 0 Å². The summed E-state index contributed by atoms with van der Waals surface area (Å²) in [6.45, 7) is 2.85. The van der Waals surface area contributed by atoms with Crippen molar-refractivity contribution < 1.29 is 9.90 Å². The maximum absolute atomic E-state index is 12.0. The summed E-state index contributed by atoms with van der Waals surface area (Å²) in [4.78, 5) is 14.3. The lowest BCUT2D eigenvalue weighted by Crippen LogP contribution is -2.34. The number of benzene rings is 2. The van der Waals surface area contributed by atoms with Crippen molar-refractivity contribution in [1.29, 1.82) is 0 Å². The van der Waals surface area contributed by atoms with Gasteiger partial charge < -0.3 is 10.0 Å². The molecule has 3 heteroatoms. The standard InChI is InChI=1S/C19H21NO2/c1-19(18(21)22,15-8-4-3-5-9-15)16-10-11-17-14(13-16)7-6-12-20(17)2/h3-5,8-11,13H,6-7,12H2,1-2H3,(H,21,22). The Morgan fingerprint density at radius 2 is 1.86 bits per heavy atom. The molecule has 1 aliphatic rings. The minimum atomic E-state index is -1.02. The van der Waals surface area contributed by atoms with Crippen LogP contribution in [-0.2, 0) is 16.6 Å². The first-order valence-corrected chi connectivity index (χ1v) is 7.67. The molecule has 1 unspecified atom stereocenters. The van der Waals surface area contributed by atoms with Crippen molar-refractivity contribution in [2.45, 2.75) is 25.2 Å². The van der Waals surface area contributed by atoms with E-state index in [1.54, 1.807) is 6.92 Å². The number of carboxylic acid groups (broad SMARTS) is 1. The van der Waals surface area contributed by atoms with Crippen LogP contribution in [0.2, 0.25) is 0 Å². The van der Waals surface area contributed by atoms with Gasteiger partial charge >= 0.3 is 5.97 Å². The predicted molar refractivity (Wildman–Crippen MR) is 88.6 cm³/mol. The van der Waals surface area contributed by atoms with Crippen molar-refractivity contribution in [3.8, 4) is 0 Å². The number of rotatable bonds is 3. The molecule has 0 aliphatic carbocycles. The van der Waals surface area contributed by atoms with E-state index in [0.29, 0.717) is 0 Å². The van der Waals surface area contributed by atoms with Crippen molar-refractivity contribution >= 4 is 11.7 Å². The van der Waals surface area contributed by atoms with Crippen molar-refractivity contribution in [2.24, 2.45) is 0 Å². The van der Waals surface area contributed by atoms with Crippen LogP contribution in [0.3, 0.4) is 0 Å². The van der Waals surface area contributed by atoms with Crippen LogP contribution >= 0.6 is 0 Å². The second kappa shape index (κ2) is 5.48. The molecule has 1 aliphatic heterocycles. The van der Waals surface area contributed by atoms with Crippen molar-refractivity contribution in [3.63, 3.8) is 0 Å².